The fraction of sp³-hybridized carbons (Fsp3) is 0.250. The molecule has 1 aromatic carbocycles. The van der Waals surface area contributed by atoms with Gasteiger partial charge in [-0.2, -0.15) is 0 Å². The minimum atomic E-state index is -0.483. The maximum Gasteiger partial charge on any atom is 0.274 e. The Hall–Kier alpha value is -2.37. The molecular weight excluding hydrogens is 234 g/mol. The van der Waals surface area contributed by atoms with Crippen LogP contribution in [0, 0.1) is 0 Å². The molecule has 6 heteroatoms. The molecule has 1 saturated heterocycles. The molecule has 1 atom stereocenters. The van der Waals surface area contributed by atoms with E-state index >= 15 is 0 Å². The van der Waals surface area contributed by atoms with E-state index in [-0.39, 0.29) is 11.6 Å². The lowest BCUT2D eigenvalue weighted by molar-refractivity contribution is -0.131. The van der Waals surface area contributed by atoms with Gasteiger partial charge in [0.2, 0.25) is 5.91 Å². The second-order valence-electron chi connectivity index (χ2n) is 3.76. The van der Waals surface area contributed by atoms with Crippen LogP contribution in [-0.2, 0) is 14.4 Å². The zero-order valence-electron chi connectivity index (χ0n) is 9.84. The second-order valence-corrected chi connectivity index (χ2v) is 3.76. The molecule has 1 unspecified atom stereocenters. The fourth-order valence-electron chi connectivity index (χ4n) is 1.54. The summed E-state index contributed by atoms with van der Waals surface area (Å²) in [6.45, 7) is 0.444. The summed E-state index contributed by atoms with van der Waals surface area (Å²) < 4.78 is 0. The van der Waals surface area contributed by atoms with Gasteiger partial charge in [0.1, 0.15) is 13.2 Å². The fourth-order valence-corrected chi connectivity index (χ4v) is 1.54. The third kappa shape index (κ3) is 2.48. The van der Waals surface area contributed by atoms with E-state index in [0.29, 0.717) is 12.1 Å². The lowest BCUT2D eigenvalue weighted by Gasteiger charge is -2.26. The molecule has 1 aliphatic rings. The summed E-state index contributed by atoms with van der Waals surface area (Å²) in [6, 6.07) is 8.44. The third-order valence-electron chi connectivity index (χ3n) is 2.55. The largest absolute Gasteiger partial charge is 0.398 e. The monoisotopic (exact) mass is 247 g/mol. The van der Waals surface area contributed by atoms with E-state index in [1.807, 2.05) is 6.07 Å². The molecule has 1 heterocycles. The van der Waals surface area contributed by atoms with Gasteiger partial charge in [0, 0.05) is 12.1 Å². The van der Waals surface area contributed by atoms with Gasteiger partial charge in [0.25, 0.3) is 5.91 Å². The number of oxime groups is 1. The van der Waals surface area contributed by atoms with Crippen LogP contribution in [0.15, 0.2) is 35.5 Å². The summed E-state index contributed by atoms with van der Waals surface area (Å²) >= 11 is 0. The van der Waals surface area contributed by atoms with Crippen molar-refractivity contribution in [3.8, 4) is 0 Å². The molecule has 1 fully saturated rings. The molecule has 18 heavy (non-hydrogen) atoms. The highest BCUT2D eigenvalue weighted by molar-refractivity contribution is 6.45. The van der Waals surface area contributed by atoms with E-state index < -0.39 is 11.9 Å². The SMILES string of the molecule is CO/N=C(/C(=O)NC1CNC1=O)c1ccccc1. The number of benzene rings is 1. The molecule has 2 rings (SSSR count). The molecule has 0 bridgehead atoms. The Balaban J connectivity index is 2.13. The summed E-state index contributed by atoms with van der Waals surface area (Å²) in [5, 5.41) is 8.84. The lowest BCUT2D eigenvalue weighted by Crippen LogP contribution is -2.62. The number of carbonyl (C=O) groups excluding carboxylic acids is 2. The average molecular weight is 247 g/mol. The van der Waals surface area contributed by atoms with Crippen LogP contribution in [0.3, 0.4) is 0 Å². The number of hydrogen-bond donors (Lipinski definition) is 2. The molecule has 1 aromatic rings. The molecular formula is C12H13N3O3. The van der Waals surface area contributed by atoms with Crippen molar-refractivity contribution in [2.45, 2.75) is 6.04 Å². The molecule has 0 aliphatic carbocycles. The summed E-state index contributed by atoms with van der Waals surface area (Å²) in [6.07, 6.45) is 0. The topological polar surface area (TPSA) is 79.8 Å². The van der Waals surface area contributed by atoms with Gasteiger partial charge in [-0.1, -0.05) is 35.5 Å². The number of nitrogens with one attached hydrogen (secondary N) is 2. The molecule has 0 spiro atoms. The van der Waals surface area contributed by atoms with E-state index in [2.05, 4.69) is 20.6 Å². The first kappa shape index (κ1) is 12.1. The van der Waals surface area contributed by atoms with Gasteiger partial charge in [0.15, 0.2) is 5.71 Å². The van der Waals surface area contributed by atoms with Gasteiger partial charge in [-0.15, -0.1) is 0 Å². The highest BCUT2D eigenvalue weighted by atomic mass is 16.6. The lowest BCUT2D eigenvalue weighted by atomic mass is 10.1. The predicted molar refractivity (Wildman–Crippen MR) is 64.9 cm³/mol. The minimum Gasteiger partial charge on any atom is -0.398 e. The van der Waals surface area contributed by atoms with Gasteiger partial charge in [0.05, 0.1) is 0 Å². The van der Waals surface area contributed by atoms with Crippen LogP contribution in [0.25, 0.3) is 0 Å². The Bertz CT molecular complexity index is 485. The van der Waals surface area contributed by atoms with Crippen molar-refractivity contribution in [3.05, 3.63) is 35.9 Å². The first-order valence-corrected chi connectivity index (χ1v) is 5.47. The van der Waals surface area contributed by atoms with E-state index in [0.717, 1.165) is 0 Å². The maximum absolute atomic E-state index is 12.0. The number of hydrogen-bond acceptors (Lipinski definition) is 4. The predicted octanol–water partition coefficient (Wildman–Crippen LogP) is -0.348. The normalized spacial score (nSPS) is 18.6. The Labute approximate surface area is 104 Å². The van der Waals surface area contributed by atoms with E-state index in [9.17, 15) is 9.59 Å². The summed E-state index contributed by atoms with van der Waals surface area (Å²) in [5.74, 6) is -0.615. The van der Waals surface area contributed by atoms with Crippen molar-refractivity contribution in [1.82, 2.24) is 10.6 Å². The number of carbonyl (C=O) groups is 2. The zero-order valence-corrected chi connectivity index (χ0v) is 9.84. The first-order chi connectivity index (χ1) is 8.72. The standard InChI is InChI=1S/C12H13N3O3/c1-18-15-10(8-5-3-2-4-6-8)12(17)14-9-7-13-11(9)16/h2-6,9H,7H2,1H3,(H,13,16)(H,14,17)/b15-10+. The first-order valence-electron chi connectivity index (χ1n) is 5.47. The van der Waals surface area contributed by atoms with Crippen LogP contribution >= 0.6 is 0 Å². The van der Waals surface area contributed by atoms with Crippen LogP contribution in [0.5, 0.6) is 0 Å². The Morgan fingerprint density at radius 3 is 2.67 bits per heavy atom. The van der Waals surface area contributed by atoms with Crippen LogP contribution in [0.1, 0.15) is 5.56 Å². The van der Waals surface area contributed by atoms with E-state index in [1.165, 1.54) is 7.11 Å². The van der Waals surface area contributed by atoms with Crippen molar-refractivity contribution in [3.63, 3.8) is 0 Å². The molecule has 2 amide bonds. The van der Waals surface area contributed by atoms with Crippen molar-refractivity contribution >= 4 is 17.5 Å². The van der Waals surface area contributed by atoms with Crippen LogP contribution < -0.4 is 10.6 Å². The molecule has 0 saturated carbocycles. The zero-order chi connectivity index (χ0) is 13.0. The van der Waals surface area contributed by atoms with Crippen molar-refractivity contribution in [1.29, 1.82) is 0 Å². The Morgan fingerprint density at radius 2 is 2.17 bits per heavy atom. The van der Waals surface area contributed by atoms with Crippen molar-refractivity contribution < 1.29 is 14.4 Å². The molecule has 2 N–H and O–H groups in total. The van der Waals surface area contributed by atoms with Crippen LogP contribution in [0.4, 0.5) is 0 Å². The number of nitrogens with zero attached hydrogens (tertiary/aromatic N) is 1. The number of β-lactam (4-membered cyclic amide) rings is 1. The Morgan fingerprint density at radius 1 is 1.44 bits per heavy atom. The van der Waals surface area contributed by atoms with Gasteiger partial charge < -0.3 is 15.5 Å². The van der Waals surface area contributed by atoms with E-state index in [1.54, 1.807) is 24.3 Å². The van der Waals surface area contributed by atoms with E-state index in [4.69, 9.17) is 0 Å². The molecule has 0 aromatic heterocycles. The third-order valence-corrected chi connectivity index (χ3v) is 2.55. The van der Waals surface area contributed by atoms with Crippen LogP contribution in [0.2, 0.25) is 0 Å². The summed E-state index contributed by atoms with van der Waals surface area (Å²) in [5.41, 5.74) is 0.786. The quantitative estimate of drug-likeness (QED) is 0.433. The molecule has 6 nitrogen and oxygen atoms in total. The maximum atomic E-state index is 12.0. The number of rotatable bonds is 4. The van der Waals surface area contributed by atoms with Gasteiger partial charge in [-0.25, -0.2) is 0 Å². The Kier molecular flexibility index (Phi) is 3.57. The van der Waals surface area contributed by atoms with Crippen molar-refractivity contribution in [2.24, 2.45) is 5.16 Å². The summed E-state index contributed by atoms with van der Waals surface area (Å²) in [7, 11) is 1.37. The molecule has 0 radical (unpaired) electrons. The minimum absolute atomic E-state index is 0.151. The van der Waals surface area contributed by atoms with Gasteiger partial charge >= 0.3 is 0 Å². The number of amides is 2. The molecule has 94 valence electrons. The van der Waals surface area contributed by atoms with Gasteiger partial charge in [-0.3, -0.25) is 9.59 Å². The molecule has 1 aliphatic heterocycles. The highest BCUT2D eigenvalue weighted by Gasteiger charge is 2.30. The van der Waals surface area contributed by atoms with Crippen LogP contribution in [-0.4, -0.2) is 37.2 Å². The summed E-state index contributed by atoms with van der Waals surface area (Å²) in [4.78, 5) is 27.7. The van der Waals surface area contributed by atoms with Gasteiger partial charge in [-0.05, 0) is 0 Å². The van der Waals surface area contributed by atoms with Crippen molar-refractivity contribution in [2.75, 3.05) is 13.7 Å². The second kappa shape index (κ2) is 5.31. The smallest absolute Gasteiger partial charge is 0.274 e. The average Bonchev–Trinajstić information content (AvgIpc) is 2.41. The highest BCUT2D eigenvalue weighted by Crippen LogP contribution is 2.03.